The van der Waals surface area contributed by atoms with Gasteiger partial charge in [-0.2, -0.15) is 10.1 Å². The monoisotopic (exact) mass is 466 g/mol. The molecule has 8 nitrogen and oxygen atoms in total. The zero-order valence-corrected chi connectivity index (χ0v) is 18.0. The number of benzene rings is 2. The quantitative estimate of drug-likeness (QED) is 0.361. The van der Waals surface area contributed by atoms with Gasteiger partial charge in [0.2, 0.25) is 5.95 Å². The molecule has 0 aliphatic heterocycles. The van der Waals surface area contributed by atoms with Gasteiger partial charge in [-0.3, -0.25) is 18.5 Å². The highest BCUT2D eigenvalue weighted by Gasteiger charge is 2.19. The van der Waals surface area contributed by atoms with Crippen molar-refractivity contribution < 1.29 is 0 Å². The lowest BCUT2D eigenvalue weighted by atomic mass is 10.2. The Bertz CT molecular complexity index is 1350. The first-order valence-electron chi connectivity index (χ1n) is 9.20. The Hall–Kier alpha value is -3.46. The molecule has 4 rings (SSSR count). The van der Waals surface area contributed by atoms with Gasteiger partial charge in [-0.05, 0) is 23.3 Å². The molecule has 0 spiro atoms. The Kier molecular flexibility index (Phi) is 5.37. The fraction of sp³-hybridized carbons (Fsp3) is 0.143. The summed E-state index contributed by atoms with van der Waals surface area (Å²) < 4.78 is 5.17. The van der Waals surface area contributed by atoms with Gasteiger partial charge in [0.05, 0.1) is 12.8 Å². The fourth-order valence-corrected chi connectivity index (χ4v) is 3.43. The molecule has 0 aliphatic carbocycles. The Balaban J connectivity index is 1.81. The van der Waals surface area contributed by atoms with E-state index in [-0.39, 0.29) is 0 Å². The SMILES string of the molecule is Cn1c(=O)c2c(nc(NN=Cc3ccc(Br)cc3)n2Cc2ccccc2)n(C)c1=O. The molecule has 0 saturated heterocycles. The van der Waals surface area contributed by atoms with Gasteiger partial charge in [-0.15, -0.1) is 0 Å². The van der Waals surface area contributed by atoms with Gasteiger partial charge in [-0.25, -0.2) is 10.2 Å². The third-order valence-electron chi connectivity index (χ3n) is 4.78. The van der Waals surface area contributed by atoms with Crippen LogP contribution in [0.2, 0.25) is 0 Å². The maximum Gasteiger partial charge on any atom is 0.332 e. The molecule has 2 aromatic carbocycles. The Morgan fingerprint density at radius 1 is 1.03 bits per heavy atom. The molecule has 0 fully saturated rings. The van der Waals surface area contributed by atoms with E-state index < -0.39 is 11.2 Å². The smallest absolute Gasteiger partial charge is 0.298 e. The summed E-state index contributed by atoms with van der Waals surface area (Å²) in [6.07, 6.45) is 1.66. The van der Waals surface area contributed by atoms with Gasteiger partial charge in [0.25, 0.3) is 5.56 Å². The number of nitrogens with zero attached hydrogens (tertiary/aromatic N) is 5. The molecule has 2 heterocycles. The average molecular weight is 467 g/mol. The summed E-state index contributed by atoms with van der Waals surface area (Å²) in [5, 5.41) is 4.27. The Labute approximate surface area is 180 Å². The molecule has 30 heavy (non-hydrogen) atoms. The molecular formula is C21H19BrN6O2. The maximum atomic E-state index is 12.9. The number of hydrogen-bond acceptors (Lipinski definition) is 5. The van der Waals surface area contributed by atoms with Crippen LogP contribution in [0.15, 0.2) is 73.8 Å². The largest absolute Gasteiger partial charge is 0.332 e. The molecule has 2 aromatic heterocycles. The summed E-state index contributed by atoms with van der Waals surface area (Å²) in [6.45, 7) is 0.404. The summed E-state index contributed by atoms with van der Waals surface area (Å²) in [4.78, 5) is 29.7. The minimum atomic E-state index is -0.429. The number of anilines is 1. The van der Waals surface area contributed by atoms with E-state index in [2.05, 4.69) is 31.4 Å². The lowest BCUT2D eigenvalue weighted by molar-refractivity contribution is 0.702. The van der Waals surface area contributed by atoms with Gasteiger partial charge in [0.15, 0.2) is 11.2 Å². The summed E-state index contributed by atoms with van der Waals surface area (Å²) in [6, 6.07) is 17.4. The molecule has 1 N–H and O–H groups in total. The third kappa shape index (κ3) is 3.71. The minimum Gasteiger partial charge on any atom is -0.298 e. The molecule has 0 radical (unpaired) electrons. The first-order valence-corrected chi connectivity index (χ1v) is 10.00. The number of fused-ring (bicyclic) bond motifs is 1. The zero-order valence-electron chi connectivity index (χ0n) is 16.4. The van der Waals surface area contributed by atoms with E-state index >= 15 is 0 Å². The van der Waals surface area contributed by atoms with Crippen molar-refractivity contribution in [2.75, 3.05) is 5.43 Å². The molecule has 0 unspecified atom stereocenters. The lowest BCUT2D eigenvalue weighted by Gasteiger charge is -2.09. The van der Waals surface area contributed by atoms with Crippen molar-refractivity contribution in [3.8, 4) is 0 Å². The highest BCUT2D eigenvalue weighted by Crippen LogP contribution is 2.18. The van der Waals surface area contributed by atoms with Crippen molar-refractivity contribution >= 4 is 39.3 Å². The van der Waals surface area contributed by atoms with Gasteiger partial charge >= 0.3 is 5.69 Å². The molecule has 0 amide bonds. The van der Waals surface area contributed by atoms with Crippen molar-refractivity contribution in [3.63, 3.8) is 0 Å². The van der Waals surface area contributed by atoms with Crippen molar-refractivity contribution in [2.24, 2.45) is 19.2 Å². The van der Waals surface area contributed by atoms with E-state index in [1.807, 2.05) is 54.6 Å². The zero-order chi connectivity index (χ0) is 21.3. The van der Waals surface area contributed by atoms with E-state index in [0.717, 1.165) is 20.2 Å². The van der Waals surface area contributed by atoms with Crippen LogP contribution in [0.4, 0.5) is 5.95 Å². The van der Waals surface area contributed by atoms with Crippen LogP contribution in [0.5, 0.6) is 0 Å². The van der Waals surface area contributed by atoms with Crippen LogP contribution in [0.25, 0.3) is 11.2 Å². The van der Waals surface area contributed by atoms with E-state index in [4.69, 9.17) is 0 Å². The predicted octanol–water partition coefficient (Wildman–Crippen LogP) is 2.69. The van der Waals surface area contributed by atoms with Crippen LogP contribution >= 0.6 is 15.9 Å². The van der Waals surface area contributed by atoms with Crippen molar-refractivity contribution in [1.82, 2.24) is 18.7 Å². The number of aromatic nitrogens is 4. The minimum absolute atomic E-state index is 0.306. The molecule has 9 heteroatoms. The van der Waals surface area contributed by atoms with Crippen LogP contribution in [0.3, 0.4) is 0 Å². The topological polar surface area (TPSA) is 86.2 Å². The van der Waals surface area contributed by atoms with Crippen LogP contribution in [0.1, 0.15) is 11.1 Å². The highest BCUT2D eigenvalue weighted by atomic mass is 79.9. The number of nitrogens with one attached hydrogen (secondary N) is 1. The Morgan fingerprint density at radius 2 is 1.73 bits per heavy atom. The van der Waals surface area contributed by atoms with Crippen molar-refractivity contribution in [2.45, 2.75) is 6.54 Å². The normalized spacial score (nSPS) is 11.4. The summed E-state index contributed by atoms with van der Waals surface area (Å²) in [5.41, 5.74) is 4.63. The van der Waals surface area contributed by atoms with Crippen LogP contribution in [0, 0.1) is 0 Å². The van der Waals surface area contributed by atoms with E-state index in [0.29, 0.717) is 23.7 Å². The summed E-state index contributed by atoms with van der Waals surface area (Å²) in [5.74, 6) is 0.375. The molecule has 152 valence electrons. The number of hydrogen-bond donors (Lipinski definition) is 1. The van der Waals surface area contributed by atoms with Crippen LogP contribution in [-0.4, -0.2) is 24.9 Å². The van der Waals surface area contributed by atoms with E-state index in [9.17, 15) is 9.59 Å². The second kappa shape index (κ2) is 8.11. The summed E-state index contributed by atoms with van der Waals surface area (Å²) >= 11 is 3.40. The van der Waals surface area contributed by atoms with Crippen molar-refractivity contribution in [1.29, 1.82) is 0 Å². The number of hydrazone groups is 1. The highest BCUT2D eigenvalue weighted by molar-refractivity contribution is 9.10. The number of aryl methyl sites for hydroxylation is 1. The summed E-state index contributed by atoms with van der Waals surface area (Å²) in [7, 11) is 3.06. The number of rotatable bonds is 5. The van der Waals surface area contributed by atoms with Crippen molar-refractivity contribution in [3.05, 3.63) is 91.0 Å². The second-order valence-corrected chi connectivity index (χ2v) is 7.72. The van der Waals surface area contributed by atoms with Gasteiger partial charge < -0.3 is 0 Å². The van der Waals surface area contributed by atoms with Crippen LogP contribution in [-0.2, 0) is 20.6 Å². The predicted molar refractivity (Wildman–Crippen MR) is 121 cm³/mol. The fourth-order valence-electron chi connectivity index (χ4n) is 3.17. The van der Waals surface area contributed by atoms with E-state index in [1.54, 1.807) is 17.8 Å². The average Bonchev–Trinajstić information content (AvgIpc) is 3.11. The molecule has 0 atom stereocenters. The third-order valence-corrected chi connectivity index (χ3v) is 5.31. The van der Waals surface area contributed by atoms with Crippen LogP contribution < -0.4 is 16.7 Å². The molecule has 0 bridgehead atoms. The first-order chi connectivity index (χ1) is 14.5. The molecular weight excluding hydrogens is 448 g/mol. The maximum absolute atomic E-state index is 12.9. The first kappa shape index (κ1) is 19.8. The molecule has 4 aromatic rings. The molecule has 0 saturated carbocycles. The van der Waals surface area contributed by atoms with Gasteiger partial charge in [0.1, 0.15) is 0 Å². The molecule has 0 aliphatic rings. The van der Waals surface area contributed by atoms with Gasteiger partial charge in [0, 0.05) is 18.6 Å². The lowest BCUT2D eigenvalue weighted by Crippen LogP contribution is -2.37. The number of imidazole rings is 1. The second-order valence-electron chi connectivity index (χ2n) is 6.81. The standard InChI is InChI=1S/C21H19BrN6O2/c1-26-18-17(19(29)27(2)21(26)30)28(13-15-6-4-3-5-7-15)20(24-18)25-23-12-14-8-10-16(22)11-9-14/h3-12H,13H2,1-2H3,(H,24,25). The van der Waals surface area contributed by atoms with Gasteiger partial charge in [-0.1, -0.05) is 58.4 Å². The Morgan fingerprint density at radius 3 is 2.43 bits per heavy atom. The number of halogens is 1. The van der Waals surface area contributed by atoms with E-state index in [1.165, 1.54) is 11.6 Å².